The molecule has 3 atom stereocenters. The van der Waals surface area contributed by atoms with Crippen molar-refractivity contribution in [1.29, 1.82) is 0 Å². The Kier molecular flexibility index (Phi) is 3.29. The molecule has 3 rings (SSSR count). The summed E-state index contributed by atoms with van der Waals surface area (Å²) in [5, 5.41) is 0. The van der Waals surface area contributed by atoms with Crippen LogP contribution in [0, 0.1) is 0 Å². The van der Waals surface area contributed by atoms with Gasteiger partial charge in [-0.2, -0.15) is 0 Å². The smallest absolute Gasteiger partial charge is 0.132 e. The quantitative estimate of drug-likeness (QED) is 0.771. The normalized spacial score (nSPS) is 28.0. The molecule has 0 aliphatic carbocycles. The number of ether oxygens (including phenoxy) is 2. The molecule has 0 radical (unpaired) electrons. The lowest BCUT2D eigenvalue weighted by atomic mass is 9.98. The summed E-state index contributed by atoms with van der Waals surface area (Å²) in [5.74, 6) is 1.00. The molecule has 2 aliphatic heterocycles. The Labute approximate surface area is 115 Å². The van der Waals surface area contributed by atoms with Crippen molar-refractivity contribution in [3.8, 4) is 5.75 Å². The predicted octanol–water partition coefficient (Wildman–Crippen LogP) is 3.90. The number of rotatable bonds is 2. The van der Waals surface area contributed by atoms with Crippen LogP contribution in [0.1, 0.15) is 30.6 Å². The molecule has 94 valence electrons. The highest BCUT2D eigenvalue weighted by Crippen LogP contribution is 2.47. The van der Waals surface area contributed by atoms with Crippen LogP contribution in [-0.4, -0.2) is 12.2 Å². The van der Waals surface area contributed by atoms with Crippen LogP contribution >= 0.6 is 15.9 Å². The van der Waals surface area contributed by atoms with Gasteiger partial charge >= 0.3 is 0 Å². The minimum Gasteiger partial charge on any atom is -0.487 e. The van der Waals surface area contributed by atoms with Crippen molar-refractivity contribution >= 4 is 15.9 Å². The fraction of sp³-hybridized carbons (Fsp3) is 0.400. The van der Waals surface area contributed by atoms with Gasteiger partial charge in [0.15, 0.2) is 0 Å². The monoisotopic (exact) mass is 306 g/mol. The second-order valence-corrected chi connectivity index (χ2v) is 5.07. The molecule has 3 heteroatoms. The molecule has 0 aromatic heterocycles. The van der Waals surface area contributed by atoms with Crippen molar-refractivity contribution in [2.24, 2.45) is 0 Å². The molecule has 1 aromatic rings. The van der Waals surface area contributed by atoms with Gasteiger partial charge in [0.1, 0.15) is 18.0 Å². The van der Waals surface area contributed by atoms with E-state index in [0.717, 1.165) is 18.6 Å². The molecule has 2 nitrogen and oxygen atoms in total. The summed E-state index contributed by atoms with van der Waals surface area (Å²) in [5.41, 5.74) is 5.61. The van der Waals surface area contributed by atoms with Crippen LogP contribution in [-0.2, 0) is 11.2 Å². The molecular formula is C15H15BrO2. The molecule has 1 saturated heterocycles. The largest absolute Gasteiger partial charge is 0.487 e. The van der Waals surface area contributed by atoms with E-state index < -0.39 is 0 Å². The zero-order chi connectivity index (χ0) is 12.5. The number of hydrogen-bond donors (Lipinski definition) is 0. The van der Waals surface area contributed by atoms with Crippen LogP contribution in [0.25, 0.3) is 0 Å². The maximum Gasteiger partial charge on any atom is 0.132 e. The molecule has 0 bridgehead atoms. The summed E-state index contributed by atoms with van der Waals surface area (Å²) in [6.45, 7) is 2.17. The van der Waals surface area contributed by atoms with Crippen molar-refractivity contribution < 1.29 is 9.47 Å². The Morgan fingerprint density at radius 1 is 1.50 bits per heavy atom. The minimum atomic E-state index is 0.0922. The SMILES string of the molecule is CCc1cccc2c1[C@H]1O[C@@H](C=C=CBr)C[C@H]1O2. The van der Waals surface area contributed by atoms with Gasteiger partial charge in [-0.05, 0) is 24.1 Å². The van der Waals surface area contributed by atoms with Gasteiger partial charge in [0.05, 0.1) is 6.10 Å². The number of hydrogen-bond acceptors (Lipinski definition) is 2. The maximum absolute atomic E-state index is 6.07. The highest BCUT2D eigenvalue weighted by Gasteiger charge is 2.44. The van der Waals surface area contributed by atoms with Gasteiger partial charge in [-0.15, -0.1) is 5.73 Å². The van der Waals surface area contributed by atoms with Gasteiger partial charge in [-0.1, -0.05) is 35.0 Å². The fourth-order valence-electron chi connectivity index (χ4n) is 2.79. The van der Waals surface area contributed by atoms with Gasteiger partial charge in [-0.25, -0.2) is 0 Å². The molecule has 0 N–H and O–H groups in total. The van der Waals surface area contributed by atoms with Crippen molar-refractivity contribution in [2.75, 3.05) is 0 Å². The van der Waals surface area contributed by atoms with Gasteiger partial charge < -0.3 is 9.47 Å². The first kappa shape index (κ1) is 12.0. The van der Waals surface area contributed by atoms with E-state index in [-0.39, 0.29) is 18.3 Å². The Morgan fingerprint density at radius 3 is 3.17 bits per heavy atom. The Balaban J connectivity index is 1.90. The zero-order valence-electron chi connectivity index (χ0n) is 10.2. The van der Waals surface area contributed by atoms with Crippen molar-refractivity contribution in [3.05, 3.63) is 46.1 Å². The summed E-state index contributed by atoms with van der Waals surface area (Å²) in [7, 11) is 0. The fourth-order valence-corrected chi connectivity index (χ4v) is 2.94. The van der Waals surface area contributed by atoms with Crippen LogP contribution in [0.15, 0.2) is 35.0 Å². The third-order valence-electron chi connectivity index (χ3n) is 3.57. The van der Waals surface area contributed by atoms with E-state index >= 15 is 0 Å². The molecule has 18 heavy (non-hydrogen) atoms. The summed E-state index contributed by atoms with van der Waals surface area (Å²) in [6.07, 6.45) is 4.22. The first-order valence-electron chi connectivity index (χ1n) is 6.28. The van der Waals surface area contributed by atoms with Crippen molar-refractivity contribution in [2.45, 2.75) is 38.1 Å². The molecular weight excluding hydrogens is 292 g/mol. The second-order valence-electron chi connectivity index (χ2n) is 4.61. The highest BCUT2D eigenvalue weighted by atomic mass is 79.9. The molecule has 0 spiro atoms. The van der Waals surface area contributed by atoms with Gasteiger partial charge in [0, 0.05) is 17.0 Å². The first-order chi connectivity index (χ1) is 8.83. The standard InChI is InChI=1S/C15H15BrO2/c1-2-10-5-3-7-12-14(10)15-13(18-12)9-11(17-15)6-4-8-16/h3,5-8,11,13,15H,2,9H2,1H3/t4?,11-,13+,15-/m0/s1. The predicted molar refractivity (Wildman–Crippen MR) is 74.0 cm³/mol. The van der Waals surface area contributed by atoms with E-state index in [1.807, 2.05) is 12.1 Å². The van der Waals surface area contributed by atoms with Crippen LogP contribution in [0.3, 0.4) is 0 Å². The van der Waals surface area contributed by atoms with Crippen LogP contribution in [0.2, 0.25) is 0 Å². The minimum absolute atomic E-state index is 0.0922. The lowest BCUT2D eigenvalue weighted by Crippen LogP contribution is -2.12. The molecule has 0 unspecified atom stereocenters. The first-order valence-corrected chi connectivity index (χ1v) is 7.20. The summed E-state index contributed by atoms with van der Waals surface area (Å²) < 4.78 is 12.1. The van der Waals surface area contributed by atoms with Crippen molar-refractivity contribution in [3.63, 3.8) is 0 Å². The second kappa shape index (κ2) is 4.93. The lowest BCUT2D eigenvalue weighted by molar-refractivity contribution is 0.0519. The molecule has 2 aliphatic rings. The number of fused-ring (bicyclic) bond motifs is 3. The van der Waals surface area contributed by atoms with Crippen LogP contribution in [0.4, 0.5) is 0 Å². The van der Waals surface area contributed by atoms with Crippen LogP contribution < -0.4 is 4.74 Å². The summed E-state index contributed by atoms with van der Waals surface area (Å²) in [4.78, 5) is 1.72. The molecule has 0 amide bonds. The van der Waals surface area contributed by atoms with E-state index in [1.54, 1.807) is 4.99 Å². The number of benzene rings is 1. The molecule has 1 aromatic carbocycles. The average molecular weight is 307 g/mol. The zero-order valence-corrected chi connectivity index (χ0v) is 11.8. The number of aryl methyl sites for hydroxylation is 1. The van der Waals surface area contributed by atoms with Crippen LogP contribution in [0.5, 0.6) is 5.75 Å². The van der Waals surface area contributed by atoms with Gasteiger partial charge in [0.25, 0.3) is 0 Å². The lowest BCUT2D eigenvalue weighted by Gasteiger charge is -2.11. The third kappa shape index (κ3) is 1.93. The molecule has 0 saturated carbocycles. The van der Waals surface area contributed by atoms with Gasteiger partial charge in [-0.3, -0.25) is 0 Å². The summed E-state index contributed by atoms with van der Waals surface area (Å²) in [6, 6.07) is 6.26. The topological polar surface area (TPSA) is 18.5 Å². The van der Waals surface area contributed by atoms with Crippen molar-refractivity contribution in [1.82, 2.24) is 0 Å². The molecule has 1 fully saturated rings. The third-order valence-corrected chi connectivity index (χ3v) is 3.83. The van der Waals surface area contributed by atoms with E-state index in [1.165, 1.54) is 11.1 Å². The number of halogens is 1. The van der Waals surface area contributed by atoms with E-state index in [4.69, 9.17) is 9.47 Å². The Morgan fingerprint density at radius 2 is 2.39 bits per heavy atom. The van der Waals surface area contributed by atoms with Gasteiger partial charge in [0.2, 0.25) is 0 Å². The highest BCUT2D eigenvalue weighted by molar-refractivity contribution is 9.11. The molecule has 2 heterocycles. The van der Waals surface area contributed by atoms with E-state index in [2.05, 4.69) is 40.7 Å². The average Bonchev–Trinajstić information content (AvgIpc) is 2.92. The Bertz CT molecular complexity index is 517. The van der Waals surface area contributed by atoms with E-state index in [9.17, 15) is 0 Å². The maximum atomic E-state index is 6.07. The Hall–Kier alpha value is -1.02. The van der Waals surface area contributed by atoms with E-state index in [0.29, 0.717) is 0 Å². The summed E-state index contributed by atoms with van der Waals surface area (Å²) >= 11 is 3.21.